The van der Waals surface area contributed by atoms with E-state index in [4.69, 9.17) is 11.6 Å². The number of piperidine rings is 1. The van der Waals surface area contributed by atoms with Crippen molar-refractivity contribution in [3.8, 4) is 0 Å². The Labute approximate surface area is 131 Å². The lowest BCUT2D eigenvalue weighted by Crippen LogP contribution is -2.43. The Hall–Kier alpha value is -1.72. The van der Waals surface area contributed by atoms with E-state index in [1.165, 1.54) is 11.3 Å². The zero-order chi connectivity index (χ0) is 15.0. The van der Waals surface area contributed by atoms with E-state index >= 15 is 0 Å². The van der Waals surface area contributed by atoms with Gasteiger partial charge in [-0.3, -0.25) is 14.9 Å². The molecule has 1 fully saturated rings. The summed E-state index contributed by atoms with van der Waals surface area (Å²) in [7, 11) is 0. The summed E-state index contributed by atoms with van der Waals surface area (Å²) in [6.45, 7) is 1.99. The molecule has 2 unspecified atom stereocenters. The number of imide groups is 1. The van der Waals surface area contributed by atoms with Crippen molar-refractivity contribution in [1.29, 1.82) is 0 Å². The van der Waals surface area contributed by atoms with Crippen LogP contribution in [0.3, 0.4) is 0 Å². The van der Waals surface area contributed by atoms with E-state index in [2.05, 4.69) is 10.3 Å². The van der Waals surface area contributed by atoms with Crippen molar-refractivity contribution in [2.45, 2.75) is 25.2 Å². The molecule has 6 heteroatoms. The van der Waals surface area contributed by atoms with Crippen molar-refractivity contribution in [2.75, 3.05) is 0 Å². The number of halogens is 1. The number of carbonyl (C=O) groups excluding carboxylic acids is 2. The molecular formula is C15H13ClN2O2S. The zero-order valence-electron chi connectivity index (χ0n) is 11.3. The second-order valence-corrected chi connectivity index (χ2v) is 6.81. The number of aromatic nitrogens is 1. The van der Waals surface area contributed by atoms with Gasteiger partial charge in [0, 0.05) is 12.3 Å². The Balaban J connectivity index is 2.02. The highest BCUT2D eigenvalue weighted by Gasteiger charge is 2.39. The van der Waals surface area contributed by atoms with Gasteiger partial charge in [-0.2, -0.15) is 0 Å². The molecule has 4 nitrogen and oxygen atoms in total. The van der Waals surface area contributed by atoms with Crippen LogP contribution in [0, 0.1) is 6.92 Å². The molecule has 0 saturated carbocycles. The first kappa shape index (κ1) is 14.2. The van der Waals surface area contributed by atoms with Crippen molar-refractivity contribution in [3.63, 3.8) is 0 Å². The third kappa shape index (κ3) is 2.84. The summed E-state index contributed by atoms with van der Waals surface area (Å²) < 4.78 is 0.561. The summed E-state index contributed by atoms with van der Waals surface area (Å²) in [5, 5.41) is 3.15. The van der Waals surface area contributed by atoms with Gasteiger partial charge in [0.25, 0.3) is 0 Å². The molecule has 21 heavy (non-hydrogen) atoms. The topological polar surface area (TPSA) is 59.1 Å². The van der Waals surface area contributed by atoms with Crippen LogP contribution in [-0.4, -0.2) is 16.8 Å². The number of thiazole rings is 1. The fraction of sp³-hybridized carbons (Fsp3) is 0.267. The third-order valence-corrected chi connectivity index (χ3v) is 4.85. The van der Waals surface area contributed by atoms with E-state index in [1.54, 1.807) is 6.20 Å². The molecule has 1 aliphatic rings. The second-order valence-electron chi connectivity index (χ2n) is 5.11. The molecule has 1 aromatic heterocycles. The summed E-state index contributed by atoms with van der Waals surface area (Å²) in [6.07, 6.45) is 1.80. The van der Waals surface area contributed by atoms with Gasteiger partial charge < -0.3 is 0 Å². The van der Waals surface area contributed by atoms with Crippen molar-refractivity contribution >= 4 is 34.8 Å². The number of benzene rings is 1. The number of hydrogen-bond donors (Lipinski definition) is 1. The molecule has 1 N–H and O–H groups in total. The lowest BCUT2D eigenvalue weighted by atomic mass is 9.80. The number of aryl methyl sites for hydroxylation is 1. The number of carbonyl (C=O) groups is 2. The molecule has 2 heterocycles. The predicted molar refractivity (Wildman–Crippen MR) is 81.6 cm³/mol. The molecule has 2 amide bonds. The van der Waals surface area contributed by atoms with Gasteiger partial charge in [-0.15, -0.1) is 11.3 Å². The highest BCUT2D eigenvalue weighted by atomic mass is 35.5. The van der Waals surface area contributed by atoms with E-state index in [0.717, 1.165) is 16.1 Å². The molecule has 2 atom stereocenters. The van der Waals surface area contributed by atoms with Crippen LogP contribution >= 0.6 is 22.9 Å². The number of hydrogen-bond acceptors (Lipinski definition) is 4. The summed E-state index contributed by atoms with van der Waals surface area (Å²) in [5.41, 5.74) is 2.02. The van der Waals surface area contributed by atoms with Crippen molar-refractivity contribution in [3.05, 3.63) is 50.9 Å². The predicted octanol–water partition coefficient (Wildman–Crippen LogP) is 3.02. The molecule has 1 aromatic carbocycles. The maximum absolute atomic E-state index is 12.3. The van der Waals surface area contributed by atoms with Crippen LogP contribution in [0.1, 0.15) is 34.4 Å². The zero-order valence-corrected chi connectivity index (χ0v) is 12.9. The lowest BCUT2D eigenvalue weighted by molar-refractivity contribution is -0.135. The van der Waals surface area contributed by atoms with Gasteiger partial charge in [0.1, 0.15) is 4.34 Å². The molecule has 3 rings (SSSR count). The Morgan fingerprint density at radius 2 is 2.00 bits per heavy atom. The number of nitrogens with zero attached hydrogens (tertiary/aromatic N) is 1. The summed E-state index contributed by atoms with van der Waals surface area (Å²) in [5.74, 6) is -1.21. The first-order valence-corrected chi connectivity index (χ1v) is 7.75. The molecule has 1 saturated heterocycles. The Kier molecular flexibility index (Phi) is 3.78. The highest BCUT2D eigenvalue weighted by molar-refractivity contribution is 7.15. The van der Waals surface area contributed by atoms with E-state index in [1.807, 2.05) is 31.2 Å². The van der Waals surface area contributed by atoms with Crippen LogP contribution in [-0.2, 0) is 9.59 Å². The average molecular weight is 321 g/mol. The van der Waals surface area contributed by atoms with Crippen LogP contribution in [0.25, 0.3) is 0 Å². The SMILES string of the molecule is Cc1ccc(C2C(=O)NC(=O)CC2c2ncc(Cl)s2)cc1. The number of amides is 2. The van der Waals surface area contributed by atoms with Crippen molar-refractivity contribution in [1.82, 2.24) is 10.3 Å². The van der Waals surface area contributed by atoms with Crippen LogP contribution in [0.15, 0.2) is 30.5 Å². The number of nitrogens with one attached hydrogen (secondary N) is 1. The smallest absolute Gasteiger partial charge is 0.234 e. The quantitative estimate of drug-likeness (QED) is 0.865. The second kappa shape index (κ2) is 5.58. The summed E-state index contributed by atoms with van der Waals surface area (Å²) in [4.78, 5) is 28.3. The van der Waals surface area contributed by atoms with Crippen molar-refractivity contribution in [2.24, 2.45) is 0 Å². The minimum absolute atomic E-state index is 0.244. The Bertz CT molecular complexity index is 696. The van der Waals surface area contributed by atoms with Gasteiger partial charge in [0.05, 0.1) is 17.1 Å². The fourth-order valence-corrected chi connectivity index (χ4v) is 3.66. The number of rotatable bonds is 2. The largest absolute Gasteiger partial charge is 0.296 e. The van der Waals surface area contributed by atoms with Crippen LogP contribution in [0.5, 0.6) is 0 Å². The van der Waals surface area contributed by atoms with Crippen LogP contribution < -0.4 is 5.32 Å². The molecule has 1 aliphatic heterocycles. The maximum Gasteiger partial charge on any atom is 0.234 e. The lowest BCUT2D eigenvalue weighted by Gasteiger charge is -2.29. The van der Waals surface area contributed by atoms with Gasteiger partial charge >= 0.3 is 0 Å². The van der Waals surface area contributed by atoms with E-state index < -0.39 is 5.92 Å². The first-order valence-electron chi connectivity index (χ1n) is 6.56. The Morgan fingerprint density at radius 1 is 1.29 bits per heavy atom. The minimum atomic E-state index is -0.412. The van der Waals surface area contributed by atoms with Gasteiger partial charge in [-0.1, -0.05) is 41.4 Å². The van der Waals surface area contributed by atoms with Gasteiger partial charge in [-0.05, 0) is 12.5 Å². The monoisotopic (exact) mass is 320 g/mol. The normalized spacial score (nSPS) is 22.2. The van der Waals surface area contributed by atoms with Crippen LogP contribution in [0.4, 0.5) is 0 Å². The van der Waals surface area contributed by atoms with E-state index in [-0.39, 0.29) is 24.2 Å². The third-order valence-electron chi connectivity index (χ3n) is 3.60. The van der Waals surface area contributed by atoms with Gasteiger partial charge in [0.15, 0.2) is 0 Å². The summed E-state index contributed by atoms with van der Waals surface area (Å²) in [6, 6.07) is 7.78. The van der Waals surface area contributed by atoms with E-state index in [9.17, 15) is 9.59 Å². The highest BCUT2D eigenvalue weighted by Crippen LogP contribution is 2.40. The van der Waals surface area contributed by atoms with Crippen molar-refractivity contribution < 1.29 is 9.59 Å². The standard InChI is InChI=1S/C15H13ClN2O2S/c1-8-2-4-9(5-3-8)13-10(6-12(19)18-14(13)20)15-17-7-11(16)21-15/h2-5,7,10,13H,6H2,1H3,(H,18,19,20). The minimum Gasteiger partial charge on any atom is -0.296 e. The fourth-order valence-electron chi connectivity index (χ4n) is 2.59. The molecule has 0 aliphatic carbocycles. The molecule has 108 valence electrons. The first-order chi connectivity index (χ1) is 10.0. The maximum atomic E-state index is 12.3. The summed E-state index contributed by atoms with van der Waals surface area (Å²) >= 11 is 7.26. The molecule has 2 aromatic rings. The van der Waals surface area contributed by atoms with Crippen LogP contribution in [0.2, 0.25) is 4.34 Å². The molecule has 0 spiro atoms. The molecule has 0 bridgehead atoms. The van der Waals surface area contributed by atoms with E-state index in [0.29, 0.717) is 4.34 Å². The molecule has 0 radical (unpaired) electrons. The van der Waals surface area contributed by atoms with Gasteiger partial charge in [0.2, 0.25) is 11.8 Å². The Morgan fingerprint density at radius 3 is 2.62 bits per heavy atom. The van der Waals surface area contributed by atoms with Gasteiger partial charge in [-0.25, -0.2) is 4.98 Å². The average Bonchev–Trinajstić information content (AvgIpc) is 2.86. The molecular weight excluding hydrogens is 308 g/mol.